The molecule has 0 atom stereocenters. The third-order valence-corrected chi connectivity index (χ3v) is 8.27. The van der Waals surface area contributed by atoms with Gasteiger partial charge in [-0.15, -0.1) is 0 Å². The van der Waals surface area contributed by atoms with Crippen LogP contribution in [0.4, 0.5) is 0 Å². The summed E-state index contributed by atoms with van der Waals surface area (Å²) in [5.41, 5.74) is 9.89. The van der Waals surface area contributed by atoms with E-state index in [-0.39, 0.29) is 10.8 Å². The highest BCUT2D eigenvalue weighted by atomic mass is 16.3. The first kappa shape index (κ1) is 21.3. The van der Waals surface area contributed by atoms with Crippen LogP contribution in [0.1, 0.15) is 62.8 Å². The van der Waals surface area contributed by atoms with E-state index in [1.165, 1.54) is 56.6 Å². The van der Waals surface area contributed by atoms with Gasteiger partial charge in [-0.2, -0.15) is 4.57 Å². The second kappa shape index (κ2) is 6.91. The lowest BCUT2D eigenvalue weighted by Crippen LogP contribution is -2.34. The fraction of sp³-hybridized carbons (Fsp3) is 0.355. The molecule has 5 aromatic rings. The molecule has 0 fully saturated rings. The van der Waals surface area contributed by atoms with E-state index in [9.17, 15) is 0 Å². The highest BCUT2D eigenvalue weighted by Crippen LogP contribution is 2.49. The summed E-state index contributed by atoms with van der Waals surface area (Å²) in [4.78, 5) is 4.41. The molecular weight excluding hydrogens is 416 g/mol. The van der Waals surface area contributed by atoms with Crippen molar-refractivity contribution in [2.24, 2.45) is 7.05 Å². The van der Waals surface area contributed by atoms with Crippen molar-refractivity contribution in [2.75, 3.05) is 0 Å². The summed E-state index contributed by atoms with van der Waals surface area (Å²) < 4.78 is 8.85. The minimum absolute atomic E-state index is 0.144. The molecule has 1 aliphatic carbocycles. The molecule has 0 amide bonds. The van der Waals surface area contributed by atoms with Crippen LogP contribution in [0.25, 0.3) is 44.0 Å². The van der Waals surface area contributed by atoms with E-state index >= 15 is 0 Å². The molecule has 0 saturated carbocycles. The van der Waals surface area contributed by atoms with Gasteiger partial charge in [0, 0.05) is 10.8 Å². The number of benzene rings is 3. The molecule has 0 spiro atoms. The maximum atomic E-state index is 6.73. The van der Waals surface area contributed by atoms with Crippen LogP contribution in [0.2, 0.25) is 0 Å². The monoisotopic (exact) mass is 449 g/mol. The number of aromatic nitrogens is 2. The van der Waals surface area contributed by atoms with Gasteiger partial charge in [-0.05, 0) is 82.7 Å². The smallest absolute Gasteiger partial charge is 0.234 e. The van der Waals surface area contributed by atoms with Crippen molar-refractivity contribution >= 4 is 32.7 Å². The minimum atomic E-state index is 0.144. The molecule has 2 aromatic heterocycles. The number of hydrogen-bond donors (Lipinski definition) is 0. The Labute approximate surface area is 201 Å². The third kappa shape index (κ3) is 2.89. The molecule has 0 N–H and O–H groups in total. The van der Waals surface area contributed by atoms with E-state index in [1.807, 2.05) is 18.6 Å². The van der Waals surface area contributed by atoms with Crippen LogP contribution in [0.5, 0.6) is 0 Å². The van der Waals surface area contributed by atoms with Crippen molar-refractivity contribution in [3.63, 3.8) is 0 Å². The van der Waals surface area contributed by atoms with Crippen molar-refractivity contribution in [3.05, 3.63) is 71.2 Å². The predicted octanol–water partition coefficient (Wildman–Crippen LogP) is 7.59. The maximum Gasteiger partial charge on any atom is 0.234 e. The van der Waals surface area contributed by atoms with Crippen LogP contribution in [-0.4, -0.2) is 4.98 Å². The average molecular weight is 450 g/mol. The Morgan fingerprint density at radius 3 is 2.44 bits per heavy atom. The molecule has 0 unspecified atom stereocenters. The van der Waals surface area contributed by atoms with Crippen molar-refractivity contribution in [2.45, 2.75) is 65.2 Å². The van der Waals surface area contributed by atoms with E-state index < -0.39 is 0 Å². The average Bonchev–Trinajstić information content (AvgIpc) is 3.14. The number of furan rings is 1. The van der Waals surface area contributed by atoms with Gasteiger partial charge in [-0.25, -0.2) is 0 Å². The van der Waals surface area contributed by atoms with Crippen LogP contribution in [-0.2, 0) is 17.9 Å². The first-order valence-electron chi connectivity index (χ1n) is 12.3. The van der Waals surface area contributed by atoms with Crippen LogP contribution in [0, 0.1) is 13.8 Å². The standard InChI is InChI=1S/C31H33N2O/c1-18-14-19(2)27(24-17-32-12-13-33(24)7)29-26(18)22-15-20-8-9-23-28(21(20)16-25(22)34-29)31(5,6)11-10-30(23,3)4/h8-9,12-17H,10-11H2,1-7H3/q+1. The van der Waals surface area contributed by atoms with Crippen LogP contribution in [0.15, 0.2) is 53.3 Å². The number of hydrogen-bond acceptors (Lipinski definition) is 2. The normalized spacial score (nSPS) is 16.9. The maximum absolute atomic E-state index is 6.73. The molecule has 3 heteroatoms. The molecule has 3 nitrogen and oxygen atoms in total. The predicted molar refractivity (Wildman–Crippen MR) is 140 cm³/mol. The van der Waals surface area contributed by atoms with Gasteiger partial charge in [-0.3, -0.25) is 4.98 Å². The second-order valence-electron chi connectivity index (χ2n) is 11.6. The highest BCUT2D eigenvalue weighted by molar-refractivity contribution is 6.15. The van der Waals surface area contributed by atoms with Gasteiger partial charge in [-0.1, -0.05) is 45.9 Å². The third-order valence-electron chi connectivity index (χ3n) is 8.27. The summed E-state index contributed by atoms with van der Waals surface area (Å²) in [6.45, 7) is 13.9. The second-order valence-corrected chi connectivity index (χ2v) is 11.6. The lowest BCUT2D eigenvalue weighted by molar-refractivity contribution is -0.660. The molecular formula is C31H33N2O+. The van der Waals surface area contributed by atoms with Gasteiger partial charge >= 0.3 is 0 Å². The Balaban J connectivity index is 1.75. The summed E-state index contributed by atoms with van der Waals surface area (Å²) in [7, 11) is 2.06. The minimum Gasteiger partial charge on any atom is -0.455 e. The number of rotatable bonds is 1. The van der Waals surface area contributed by atoms with E-state index in [1.54, 1.807) is 0 Å². The van der Waals surface area contributed by atoms with E-state index in [4.69, 9.17) is 4.42 Å². The fourth-order valence-corrected chi connectivity index (χ4v) is 6.29. The number of fused-ring (bicyclic) bond motifs is 6. The van der Waals surface area contributed by atoms with Gasteiger partial charge in [0.25, 0.3) is 0 Å². The zero-order chi connectivity index (χ0) is 24.0. The number of nitrogens with zero attached hydrogens (tertiary/aromatic N) is 2. The molecule has 34 heavy (non-hydrogen) atoms. The molecule has 0 aliphatic heterocycles. The van der Waals surface area contributed by atoms with Crippen molar-refractivity contribution in [3.8, 4) is 11.3 Å². The van der Waals surface area contributed by atoms with Crippen LogP contribution < -0.4 is 4.57 Å². The van der Waals surface area contributed by atoms with E-state index in [2.05, 4.69) is 88.5 Å². The quantitative estimate of drug-likeness (QED) is 0.247. The number of aryl methyl sites for hydroxylation is 3. The molecule has 0 saturated heterocycles. The molecule has 0 bridgehead atoms. The van der Waals surface area contributed by atoms with Gasteiger partial charge in [0.1, 0.15) is 18.2 Å². The summed E-state index contributed by atoms with van der Waals surface area (Å²) >= 11 is 0. The lowest BCUT2D eigenvalue weighted by atomic mass is 9.62. The van der Waals surface area contributed by atoms with Gasteiger partial charge in [0.15, 0.2) is 6.20 Å². The zero-order valence-corrected chi connectivity index (χ0v) is 21.3. The van der Waals surface area contributed by atoms with Crippen molar-refractivity contribution in [1.29, 1.82) is 0 Å². The SMILES string of the molecule is Cc1cc(C)c2c(oc3cc4c5c(ccc4cc32)C(C)(C)CCC5(C)C)c1-c1cncc[n+]1C. The Hall–Kier alpha value is -3.20. The summed E-state index contributed by atoms with van der Waals surface area (Å²) in [5, 5.41) is 5.04. The molecule has 172 valence electrons. The van der Waals surface area contributed by atoms with E-state index in [0.717, 1.165) is 22.4 Å². The molecule has 0 radical (unpaired) electrons. The fourth-order valence-electron chi connectivity index (χ4n) is 6.29. The summed E-state index contributed by atoms with van der Waals surface area (Å²) in [5.74, 6) is 0. The Morgan fingerprint density at radius 1 is 0.912 bits per heavy atom. The molecule has 6 rings (SSSR count). The van der Waals surface area contributed by atoms with Gasteiger partial charge in [0.2, 0.25) is 5.69 Å². The van der Waals surface area contributed by atoms with Crippen molar-refractivity contribution in [1.82, 2.24) is 4.98 Å². The molecule has 3 aromatic carbocycles. The first-order valence-corrected chi connectivity index (χ1v) is 12.3. The summed E-state index contributed by atoms with van der Waals surface area (Å²) in [6.07, 6.45) is 8.16. The molecule has 2 heterocycles. The first-order chi connectivity index (χ1) is 16.1. The largest absolute Gasteiger partial charge is 0.455 e. The van der Waals surface area contributed by atoms with Crippen LogP contribution in [0.3, 0.4) is 0 Å². The lowest BCUT2D eigenvalue weighted by Gasteiger charge is -2.42. The Kier molecular flexibility index (Phi) is 4.34. The Bertz CT molecular complexity index is 1640. The molecule has 1 aliphatic rings. The Morgan fingerprint density at radius 2 is 1.68 bits per heavy atom. The topological polar surface area (TPSA) is 29.9 Å². The van der Waals surface area contributed by atoms with Crippen LogP contribution >= 0.6 is 0 Å². The highest BCUT2D eigenvalue weighted by Gasteiger charge is 2.38. The summed E-state index contributed by atoms with van der Waals surface area (Å²) in [6, 6.07) is 11.6. The van der Waals surface area contributed by atoms with Gasteiger partial charge < -0.3 is 4.42 Å². The van der Waals surface area contributed by atoms with Gasteiger partial charge in [0.05, 0.1) is 18.0 Å². The van der Waals surface area contributed by atoms with Crippen molar-refractivity contribution < 1.29 is 8.98 Å². The zero-order valence-electron chi connectivity index (χ0n) is 21.3. The van der Waals surface area contributed by atoms with E-state index in [0.29, 0.717) is 0 Å².